The lowest BCUT2D eigenvalue weighted by atomic mass is 9.96. The van der Waals surface area contributed by atoms with Gasteiger partial charge < -0.3 is 14.5 Å². The molecule has 7 aromatic rings. The number of fused-ring (bicyclic) bond motifs is 9. The highest BCUT2D eigenvalue weighted by molar-refractivity contribution is 6.13. The first-order valence-electron chi connectivity index (χ1n) is 13.7. The van der Waals surface area contributed by atoms with Crippen LogP contribution in [0.4, 0.5) is 17.2 Å². The van der Waals surface area contributed by atoms with Crippen LogP contribution in [0.5, 0.6) is 11.5 Å². The molecule has 0 unspecified atom stereocenters. The van der Waals surface area contributed by atoms with Gasteiger partial charge in [0.15, 0.2) is 5.82 Å². The van der Waals surface area contributed by atoms with Gasteiger partial charge in [-0.2, -0.15) is 0 Å². The SMILES string of the molecule is CC(C)c1cccc2c1c1ncc(Oc3cncc(N4CN(C)c5ncccc54)c3)cc1c1nc3ccccc3n21. The quantitative estimate of drug-likeness (QED) is 0.216. The van der Waals surface area contributed by atoms with Crippen molar-refractivity contribution in [1.82, 2.24) is 24.3 Å². The number of anilines is 3. The highest BCUT2D eigenvalue weighted by atomic mass is 16.5. The zero-order chi connectivity index (χ0) is 27.7. The van der Waals surface area contributed by atoms with Crippen LogP contribution in [0.1, 0.15) is 25.3 Å². The molecule has 0 aliphatic carbocycles. The zero-order valence-electron chi connectivity index (χ0n) is 23.0. The molecule has 0 fully saturated rings. The molecule has 0 spiro atoms. The minimum atomic E-state index is 0.339. The van der Waals surface area contributed by atoms with Gasteiger partial charge >= 0.3 is 0 Å². The first kappa shape index (κ1) is 23.6. The molecule has 0 radical (unpaired) electrons. The number of hydrogen-bond donors (Lipinski definition) is 0. The molecule has 5 aromatic heterocycles. The van der Waals surface area contributed by atoms with Crippen molar-refractivity contribution in [2.75, 3.05) is 23.5 Å². The average molecular weight is 538 g/mol. The van der Waals surface area contributed by atoms with E-state index in [4.69, 9.17) is 14.7 Å². The number of para-hydroxylation sites is 2. The Bertz CT molecular complexity index is 2130. The first-order valence-corrected chi connectivity index (χ1v) is 13.7. The Morgan fingerprint density at radius 1 is 0.854 bits per heavy atom. The van der Waals surface area contributed by atoms with Gasteiger partial charge in [0.2, 0.25) is 0 Å². The fraction of sp³-hybridized carbons (Fsp3) is 0.152. The lowest BCUT2D eigenvalue weighted by Gasteiger charge is -2.19. The highest BCUT2D eigenvalue weighted by Crippen LogP contribution is 2.40. The van der Waals surface area contributed by atoms with Gasteiger partial charge in [-0.15, -0.1) is 0 Å². The van der Waals surface area contributed by atoms with Crippen LogP contribution in [0.2, 0.25) is 0 Å². The fourth-order valence-corrected chi connectivity index (χ4v) is 6.02. The van der Waals surface area contributed by atoms with Crippen molar-refractivity contribution < 1.29 is 4.74 Å². The molecule has 8 nitrogen and oxygen atoms in total. The van der Waals surface area contributed by atoms with Crippen LogP contribution < -0.4 is 14.5 Å². The first-order chi connectivity index (χ1) is 20.1. The molecule has 41 heavy (non-hydrogen) atoms. The second-order valence-electron chi connectivity index (χ2n) is 10.8. The summed E-state index contributed by atoms with van der Waals surface area (Å²) in [5.41, 5.74) is 8.16. The summed E-state index contributed by atoms with van der Waals surface area (Å²) in [5.74, 6) is 2.55. The van der Waals surface area contributed by atoms with Crippen molar-refractivity contribution in [2.45, 2.75) is 19.8 Å². The molecule has 6 heterocycles. The molecule has 0 bridgehead atoms. The lowest BCUT2D eigenvalue weighted by molar-refractivity contribution is 0.479. The summed E-state index contributed by atoms with van der Waals surface area (Å²) in [6.45, 7) is 5.13. The predicted molar refractivity (Wildman–Crippen MR) is 164 cm³/mol. The van der Waals surface area contributed by atoms with Gasteiger partial charge in [0.05, 0.1) is 58.7 Å². The molecule has 8 rings (SSSR count). The second kappa shape index (κ2) is 8.89. The van der Waals surface area contributed by atoms with E-state index in [1.807, 2.05) is 37.6 Å². The third-order valence-electron chi connectivity index (χ3n) is 7.86. The van der Waals surface area contributed by atoms with Crippen molar-refractivity contribution in [3.63, 3.8) is 0 Å². The second-order valence-corrected chi connectivity index (χ2v) is 10.8. The Morgan fingerprint density at radius 2 is 1.71 bits per heavy atom. The van der Waals surface area contributed by atoms with Crippen molar-refractivity contribution >= 4 is 55.7 Å². The van der Waals surface area contributed by atoms with Crippen LogP contribution in [-0.2, 0) is 0 Å². The van der Waals surface area contributed by atoms with Crippen LogP contribution in [0.3, 0.4) is 0 Å². The summed E-state index contributed by atoms with van der Waals surface area (Å²) in [7, 11) is 2.04. The van der Waals surface area contributed by atoms with E-state index in [1.54, 1.807) is 12.4 Å². The minimum Gasteiger partial charge on any atom is -0.454 e. The molecule has 0 saturated carbocycles. The number of pyridine rings is 4. The highest BCUT2D eigenvalue weighted by Gasteiger charge is 2.26. The van der Waals surface area contributed by atoms with Crippen molar-refractivity contribution in [3.8, 4) is 11.5 Å². The van der Waals surface area contributed by atoms with Crippen LogP contribution >= 0.6 is 0 Å². The Kier molecular flexibility index (Phi) is 5.12. The Morgan fingerprint density at radius 3 is 2.61 bits per heavy atom. The van der Waals surface area contributed by atoms with E-state index in [-0.39, 0.29) is 0 Å². The van der Waals surface area contributed by atoms with Crippen molar-refractivity contribution in [1.29, 1.82) is 0 Å². The maximum absolute atomic E-state index is 6.40. The van der Waals surface area contributed by atoms with Gasteiger partial charge in [-0.05, 0) is 47.9 Å². The molecule has 8 heteroatoms. The van der Waals surface area contributed by atoms with Gasteiger partial charge in [0.25, 0.3) is 0 Å². The van der Waals surface area contributed by atoms with Crippen LogP contribution in [-0.4, -0.2) is 38.1 Å². The number of ether oxygens (including phenoxy) is 1. The Hall–Kier alpha value is -5.24. The number of hydrogen-bond acceptors (Lipinski definition) is 7. The van der Waals surface area contributed by atoms with E-state index in [2.05, 4.69) is 86.5 Å². The Labute approximate surface area is 236 Å². The summed E-state index contributed by atoms with van der Waals surface area (Å²) in [6, 6.07) is 22.8. The monoisotopic (exact) mass is 537 g/mol. The topological polar surface area (TPSA) is 71.7 Å². The van der Waals surface area contributed by atoms with E-state index in [0.29, 0.717) is 24.1 Å². The number of imidazole rings is 1. The zero-order valence-corrected chi connectivity index (χ0v) is 23.0. The summed E-state index contributed by atoms with van der Waals surface area (Å²) < 4.78 is 8.65. The number of aromatic nitrogens is 5. The van der Waals surface area contributed by atoms with Gasteiger partial charge in [-0.3, -0.25) is 14.4 Å². The van der Waals surface area contributed by atoms with Gasteiger partial charge in [0, 0.05) is 30.1 Å². The van der Waals surface area contributed by atoms with Crippen molar-refractivity contribution in [2.24, 2.45) is 0 Å². The van der Waals surface area contributed by atoms with Gasteiger partial charge in [-0.1, -0.05) is 38.1 Å². The van der Waals surface area contributed by atoms with Crippen LogP contribution in [0.15, 0.2) is 91.5 Å². The fourth-order valence-electron chi connectivity index (χ4n) is 6.02. The van der Waals surface area contributed by atoms with E-state index in [1.165, 1.54) is 5.56 Å². The molecule has 0 saturated heterocycles. The van der Waals surface area contributed by atoms with E-state index in [9.17, 15) is 0 Å². The average Bonchev–Trinajstić information content (AvgIpc) is 3.56. The summed E-state index contributed by atoms with van der Waals surface area (Å²) >= 11 is 0. The van der Waals surface area contributed by atoms with Crippen LogP contribution in [0, 0.1) is 0 Å². The third-order valence-corrected chi connectivity index (χ3v) is 7.86. The molecular formula is C33H27N7O. The maximum atomic E-state index is 6.40. The number of benzene rings is 2. The maximum Gasteiger partial charge on any atom is 0.153 e. The normalized spacial score (nSPS) is 13.3. The Balaban J connectivity index is 1.28. The summed E-state index contributed by atoms with van der Waals surface area (Å²) in [4.78, 5) is 23.4. The summed E-state index contributed by atoms with van der Waals surface area (Å²) in [6.07, 6.45) is 7.19. The van der Waals surface area contributed by atoms with E-state index < -0.39 is 0 Å². The molecule has 0 N–H and O–H groups in total. The predicted octanol–water partition coefficient (Wildman–Crippen LogP) is 7.44. The molecule has 0 atom stereocenters. The lowest BCUT2D eigenvalue weighted by Crippen LogP contribution is -2.24. The molecule has 2 aromatic carbocycles. The molecule has 200 valence electrons. The minimum absolute atomic E-state index is 0.339. The molecular weight excluding hydrogens is 510 g/mol. The number of nitrogens with zero attached hydrogens (tertiary/aromatic N) is 7. The van der Waals surface area contributed by atoms with E-state index >= 15 is 0 Å². The molecule has 0 amide bonds. The van der Waals surface area contributed by atoms with Crippen LogP contribution in [0.25, 0.3) is 38.5 Å². The van der Waals surface area contributed by atoms with E-state index in [0.717, 1.165) is 55.7 Å². The van der Waals surface area contributed by atoms with Gasteiger partial charge in [-0.25, -0.2) is 9.97 Å². The standard InChI is InChI=1S/C33H27N7O/c1-20(2)24-8-6-11-28-30(24)31-25(32-37-26-9-4-5-10-27(26)40(28)32)15-23(18-36-31)41-22-14-21(16-34-17-22)39-19-38(3)33-29(39)12-7-13-35-33/h4-18,20H,19H2,1-3H3. The smallest absolute Gasteiger partial charge is 0.153 e. The van der Waals surface area contributed by atoms with Gasteiger partial charge in [0.1, 0.15) is 17.1 Å². The summed E-state index contributed by atoms with van der Waals surface area (Å²) in [5, 5.41) is 2.10. The van der Waals surface area contributed by atoms with Crippen molar-refractivity contribution in [3.05, 3.63) is 97.1 Å². The third kappa shape index (κ3) is 3.60. The molecule has 1 aliphatic heterocycles. The molecule has 1 aliphatic rings. The number of rotatable bonds is 4. The largest absolute Gasteiger partial charge is 0.454 e.